The van der Waals surface area contributed by atoms with Crippen molar-refractivity contribution < 1.29 is 18.0 Å². The first-order chi connectivity index (χ1) is 14.0. The van der Waals surface area contributed by atoms with Crippen molar-refractivity contribution in [3.05, 3.63) is 59.2 Å². The van der Waals surface area contributed by atoms with Gasteiger partial charge in [-0.05, 0) is 68.1 Å². The number of rotatable bonds is 5. The molecule has 1 aliphatic rings. The number of aryl methyl sites for hydroxylation is 2. The molecule has 0 bridgehead atoms. The van der Waals surface area contributed by atoms with Crippen LogP contribution in [0.25, 0.3) is 0 Å². The van der Waals surface area contributed by atoms with Crippen LogP contribution in [-0.4, -0.2) is 45.0 Å². The zero-order valence-corrected chi connectivity index (χ0v) is 18.9. The fourth-order valence-corrected chi connectivity index (χ4v) is 4.34. The quantitative estimate of drug-likeness (QED) is 0.685. The van der Waals surface area contributed by atoms with Crippen molar-refractivity contribution in [3.63, 3.8) is 0 Å². The lowest BCUT2D eigenvalue weighted by atomic mass is 10.0. The molecule has 0 aliphatic carbocycles. The van der Waals surface area contributed by atoms with Gasteiger partial charge >= 0.3 is 0 Å². The van der Waals surface area contributed by atoms with Crippen LogP contribution < -0.4 is 4.90 Å². The summed E-state index contributed by atoms with van der Waals surface area (Å²) in [6, 6.07) is 12.1. The highest BCUT2D eigenvalue weighted by molar-refractivity contribution is 7.90. The van der Waals surface area contributed by atoms with Crippen LogP contribution in [0.15, 0.2) is 47.4 Å². The average molecular weight is 429 g/mol. The van der Waals surface area contributed by atoms with Crippen molar-refractivity contribution in [3.8, 4) is 0 Å². The second-order valence-corrected chi connectivity index (χ2v) is 10.1. The molecular weight excluding hydrogens is 400 g/mol. The molecule has 1 aliphatic heterocycles. The van der Waals surface area contributed by atoms with Crippen molar-refractivity contribution in [2.24, 2.45) is 5.92 Å². The van der Waals surface area contributed by atoms with Gasteiger partial charge in [-0.15, -0.1) is 0 Å². The predicted octanol–water partition coefficient (Wildman–Crippen LogP) is 3.28. The molecule has 1 saturated heterocycles. The molecule has 1 heterocycles. The third-order valence-electron chi connectivity index (χ3n) is 6.02. The Labute approximate surface area is 178 Å². The molecule has 3 rings (SSSR count). The highest BCUT2D eigenvalue weighted by atomic mass is 32.2. The number of sulfone groups is 1. The summed E-state index contributed by atoms with van der Waals surface area (Å²) in [7, 11) is -1.59. The summed E-state index contributed by atoms with van der Waals surface area (Å²) in [5.41, 5.74) is 3.91. The van der Waals surface area contributed by atoms with E-state index in [1.54, 1.807) is 41.1 Å². The Morgan fingerprint density at radius 2 is 1.73 bits per heavy atom. The van der Waals surface area contributed by atoms with E-state index in [0.29, 0.717) is 13.0 Å². The molecule has 0 spiro atoms. The first-order valence-electron chi connectivity index (χ1n) is 9.96. The number of anilines is 1. The van der Waals surface area contributed by atoms with E-state index >= 15 is 0 Å². The molecule has 0 radical (unpaired) electrons. The number of hydrogen-bond donors (Lipinski definition) is 0. The van der Waals surface area contributed by atoms with E-state index in [1.807, 2.05) is 39.0 Å². The van der Waals surface area contributed by atoms with Crippen LogP contribution in [0, 0.1) is 19.8 Å². The third kappa shape index (κ3) is 4.26. The van der Waals surface area contributed by atoms with E-state index in [9.17, 15) is 18.0 Å². The monoisotopic (exact) mass is 428 g/mol. The van der Waals surface area contributed by atoms with Gasteiger partial charge in [-0.2, -0.15) is 0 Å². The van der Waals surface area contributed by atoms with E-state index in [-0.39, 0.29) is 22.8 Å². The van der Waals surface area contributed by atoms with E-state index < -0.39 is 15.8 Å². The van der Waals surface area contributed by atoms with Crippen LogP contribution in [0.5, 0.6) is 0 Å². The second kappa shape index (κ2) is 8.22. The van der Waals surface area contributed by atoms with Gasteiger partial charge in [0.2, 0.25) is 11.8 Å². The molecule has 160 valence electrons. The second-order valence-electron chi connectivity index (χ2n) is 8.07. The molecule has 0 saturated carbocycles. The fraction of sp³-hybridized carbons (Fsp3) is 0.391. The van der Waals surface area contributed by atoms with E-state index in [0.717, 1.165) is 28.6 Å². The molecule has 7 heteroatoms. The summed E-state index contributed by atoms with van der Waals surface area (Å²) in [4.78, 5) is 29.5. The molecule has 2 unspecified atom stereocenters. The highest BCUT2D eigenvalue weighted by Gasteiger charge is 2.40. The van der Waals surface area contributed by atoms with Crippen LogP contribution in [-0.2, 0) is 19.4 Å². The van der Waals surface area contributed by atoms with Crippen LogP contribution >= 0.6 is 0 Å². The molecule has 0 aromatic heterocycles. The van der Waals surface area contributed by atoms with Crippen molar-refractivity contribution in [2.75, 3.05) is 24.7 Å². The van der Waals surface area contributed by atoms with Crippen molar-refractivity contribution in [2.45, 2.75) is 38.1 Å². The Hall–Kier alpha value is -2.67. The lowest BCUT2D eigenvalue weighted by molar-refractivity contribution is -0.140. The van der Waals surface area contributed by atoms with E-state index in [1.165, 1.54) is 0 Å². The van der Waals surface area contributed by atoms with Gasteiger partial charge in [0.1, 0.15) is 5.92 Å². The van der Waals surface area contributed by atoms with Crippen molar-refractivity contribution >= 4 is 27.3 Å². The Kier molecular flexibility index (Phi) is 6.04. The molecule has 6 nitrogen and oxygen atoms in total. The number of amides is 2. The third-order valence-corrected chi connectivity index (χ3v) is 7.15. The minimum Gasteiger partial charge on any atom is -0.338 e. The van der Waals surface area contributed by atoms with Gasteiger partial charge in [-0.1, -0.05) is 18.2 Å². The fourth-order valence-electron chi connectivity index (χ4n) is 3.71. The number of carbonyl (C=O) groups excluding carboxylic acids is 2. The molecule has 1 fully saturated rings. The lowest BCUT2D eigenvalue weighted by Crippen LogP contribution is -2.39. The molecule has 30 heavy (non-hydrogen) atoms. The Morgan fingerprint density at radius 1 is 1.10 bits per heavy atom. The van der Waals surface area contributed by atoms with Gasteiger partial charge in [0, 0.05) is 25.5 Å². The zero-order chi connectivity index (χ0) is 22.2. The van der Waals surface area contributed by atoms with E-state index in [2.05, 4.69) is 0 Å². The van der Waals surface area contributed by atoms with Gasteiger partial charge in [0.25, 0.3) is 0 Å². The van der Waals surface area contributed by atoms with Gasteiger partial charge in [-0.25, -0.2) is 8.42 Å². The van der Waals surface area contributed by atoms with Gasteiger partial charge in [-0.3, -0.25) is 9.59 Å². The largest absolute Gasteiger partial charge is 0.338 e. The summed E-state index contributed by atoms with van der Waals surface area (Å²) >= 11 is 0. The SMILES string of the molecule is Cc1ccc(N2CCC(C(=O)N(C)C(C)c3ccc(S(C)(=O)=O)cc3)C2=O)cc1C. The number of benzene rings is 2. The summed E-state index contributed by atoms with van der Waals surface area (Å²) in [5.74, 6) is -1.09. The van der Waals surface area contributed by atoms with Crippen molar-refractivity contribution in [1.82, 2.24) is 4.90 Å². The molecule has 2 atom stereocenters. The van der Waals surface area contributed by atoms with Gasteiger partial charge in [0.05, 0.1) is 10.9 Å². The number of nitrogens with zero attached hydrogens (tertiary/aromatic N) is 2. The molecule has 2 amide bonds. The van der Waals surface area contributed by atoms with Crippen LogP contribution in [0.2, 0.25) is 0 Å². The first-order valence-corrected chi connectivity index (χ1v) is 11.8. The topological polar surface area (TPSA) is 74.8 Å². The summed E-state index contributed by atoms with van der Waals surface area (Å²) < 4.78 is 23.3. The first kappa shape index (κ1) is 22.0. The summed E-state index contributed by atoms with van der Waals surface area (Å²) in [6.45, 7) is 6.42. The molecule has 2 aromatic carbocycles. The Bertz CT molecular complexity index is 1080. The minimum atomic E-state index is -3.27. The van der Waals surface area contributed by atoms with Crippen LogP contribution in [0.3, 0.4) is 0 Å². The smallest absolute Gasteiger partial charge is 0.239 e. The predicted molar refractivity (Wildman–Crippen MR) is 117 cm³/mol. The number of carbonyl (C=O) groups is 2. The molecule has 2 aromatic rings. The standard InChI is InChI=1S/C23H28N2O4S/c1-15-6-9-19(14-16(15)2)25-13-12-21(23(25)27)22(26)24(4)17(3)18-7-10-20(11-8-18)30(5,28)29/h6-11,14,17,21H,12-13H2,1-5H3. The highest BCUT2D eigenvalue weighted by Crippen LogP contribution is 2.30. The zero-order valence-electron chi connectivity index (χ0n) is 18.0. The van der Waals surface area contributed by atoms with Crippen LogP contribution in [0.4, 0.5) is 5.69 Å². The summed E-state index contributed by atoms with van der Waals surface area (Å²) in [6.07, 6.45) is 1.64. The van der Waals surface area contributed by atoms with Crippen LogP contribution in [0.1, 0.15) is 36.1 Å². The lowest BCUT2D eigenvalue weighted by Gasteiger charge is -2.27. The van der Waals surface area contributed by atoms with Gasteiger partial charge < -0.3 is 9.80 Å². The van der Waals surface area contributed by atoms with E-state index in [4.69, 9.17) is 0 Å². The molecule has 0 N–H and O–H groups in total. The maximum Gasteiger partial charge on any atom is 0.239 e. The Balaban J connectivity index is 1.74. The normalized spacial score (nSPS) is 17.8. The Morgan fingerprint density at radius 3 is 2.30 bits per heavy atom. The number of hydrogen-bond acceptors (Lipinski definition) is 4. The van der Waals surface area contributed by atoms with Gasteiger partial charge in [0.15, 0.2) is 9.84 Å². The minimum absolute atomic E-state index is 0.172. The van der Waals surface area contributed by atoms with Crippen molar-refractivity contribution in [1.29, 1.82) is 0 Å². The average Bonchev–Trinajstić information content (AvgIpc) is 3.09. The summed E-state index contributed by atoms with van der Waals surface area (Å²) in [5, 5.41) is 0. The maximum absolute atomic E-state index is 13.1. The maximum atomic E-state index is 13.1. The molecular formula is C23H28N2O4S.